The molecule has 0 spiro atoms. The van der Waals surface area contributed by atoms with Crippen molar-refractivity contribution in [1.29, 1.82) is 0 Å². The molecular weight excluding hydrogens is 468 g/mol. The summed E-state index contributed by atoms with van der Waals surface area (Å²) >= 11 is 12.4. The minimum absolute atomic E-state index is 0.0753. The van der Waals surface area contributed by atoms with Crippen LogP contribution in [0.4, 0.5) is 15.0 Å². The van der Waals surface area contributed by atoms with Crippen molar-refractivity contribution in [3.8, 4) is 5.75 Å². The van der Waals surface area contributed by atoms with E-state index in [0.29, 0.717) is 35.3 Å². The molecule has 1 atom stereocenters. The predicted octanol–water partition coefficient (Wildman–Crippen LogP) is 5.39. The Morgan fingerprint density at radius 1 is 1.30 bits per heavy atom. The van der Waals surface area contributed by atoms with Crippen LogP contribution in [0.1, 0.15) is 37.9 Å². The molecule has 1 saturated heterocycles. The number of hydrogen-bond donors (Lipinski definition) is 2. The topological polar surface area (TPSA) is 99.4 Å². The normalized spacial score (nSPS) is 15.7. The molecule has 1 unspecified atom stereocenters. The number of anilines is 1. The highest BCUT2D eigenvalue weighted by molar-refractivity contribution is 6.36. The Kier molecular flexibility index (Phi) is 6.86. The monoisotopic (exact) mass is 493 g/mol. The number of nitrogens with zero attached hydrogens (tertiary/aromatic N) is 3. The van der Waals surface area contributed by atoms with E-state index in [1.54, 1.807) is 18.0 Å². The van der Waals surface area contributed by atoms with Gasteiger partial charge in [0.2, 0.25) is 0 Å². The van der Waals surface area contributed by atoms with Crippen molar-refractivity contribution in [2.45, 2.75) is 38.8 Å². The largest absolute Gasteiger partial charge is 0.481 e. The Morgan fingerprint density at radius 2 is 2.03 bits per heavy atom. The number of rotatable bonds is 6. The fourth-order valence-corrected chi connectivity index (χ4v) is 5.06. The SMILES string of the molecule is CC(Oc1c(N)ncc2c1ccn2CCC1CCN(C(N)=O)CC1)c1c(Cl)ccc(F)c1Cl. The summed E-state index contributed by atoms with van der Waals surface area (Å²) in [6, 6.07) is 4.25. The molecule has 1 aliphatic rings. The van der Waals surface area contributed by atoms with Crippen LogP contribution in [0, 0.1) is 11.7 Å². The number of piperidine rings is 1. The lowest BCUT2D eigenvalue weighted by Gasteiger charge is -2.30. The highest BCUT2D eigenvalue weighted by Gasteiger charge is 2.23. The number of carbonyl (C=O) groups excluding carboxylic acids is 1. The van der Waals surface area contributed by atoms with Gasteiger partial charge in [-0.2, -0.15) is 0 Å². The molecule has 1 fully saturated rings. The number of ether oxygens (including phenoxy) is 1. The number of pyridine rings is 1. The number of amides is 2. The predicted molar refractivity (Wildman–Crippen MR) is 128 cm³/mol. The third kappa shape index (κ3) is 4.82. The van der Waals surface area contributed by atoms with Crippen LogP contribution >= 0.6 is 23.2 Å². The summed E-state index contributed by atoms with van der Waals surface area (Å²) in [4.78, 5) is 17.3. The van der Waals surface area contributed by atoms with E-state index in [1.165, 1.54) is 12.1 Å². The summed E-state index contributed by atoms with van der Waals surface area (Å²) in [5.41, 5.74) is 12.7. The number of benzene rings is 1. The summed E-state index contributed by atoms with van der Waals surface area (Å²) in [6.07, 6.45) is 5.91. The van der Waals surface area contributed by atoms with Gasteiger partial charge in [0, 0.05) is 41.8 Å². The third-order valence-corrected chi connectivity index (χ3v) is 7.01. The molecule has 0 radical (unpaired) electrons. The fourth-order valence-electron chi connectivity index (χ4n) is 4.38. The number of urea groups is 1. The number of fused-ring (bicyclic) bond motifs is 1. The molecule has 0 aliphatic carbocycles. The summed E-state index contributed by atoms with van der Waals surface area (Å²) < 4.78 is 22.2. The van der Waals surface area contributed by atoms with Gasteiger partial charge in [0.15, 0.2) is 11.6 Å². The number of nitrogen functional groups attached to an aromatic ring is 1. The van der Waals surface area contributed by atoms with E-state index in [2.05, 4.69) is 9.55 Å². The Labute approximate surface area is 201 Å². The second-order valence-corrected chi connectivity index (χ2v) is 9.14. The van der Waals surface area contributed by atoms with Crippen LogP contribution in [-0.2, 0) is 6.54 Å². The Bertz CT molecular complexity index is 1180. The molecule has 2 amide bonds. The average molecular weight is 494 g/mol. The Morgan fingerprint density at radius 3 is 2.73 bits per heavy atom. The van der Waals surface area contributed by atoms with Crippen molar-refractivity contribution < 1.29 is 13.9 Å². The first-order valence-electron chi connectivity index (χ1n) is 10.8. The van der Waals surface area contributed by atoms with Gasteiger partial charge in [0.25, 0.3) is 0 Å². The highest BCUT2D eigenvalue weighted by Crippen LogP contribution is 2.39. The minimum atomic E-state index is -0.644. The van der Waals surface area contributed by atoms with Gasteiger partial charge in [0.1, 0.15) is 11.9 Å². The maximum atomic E-state index is 14.0. The molecule has 7 nitrogen and oxygen atoms in total. The van der Waals surface area contributed by atoms with Gasteiger partial charge >= 0.3 is 6.03 Å². The van der Waals surface area contributed by atoms with E-state index in [4.69, 9.17) is 39.4 Å². The van der Waals surface area contributed by atoms with Crippen LogP contribution in [0.25, 0.3) is 10.9 Å². The molecule has 1 aromatic carbocycles. The average Bonchev–Trinajstić information content (AvgIpc) is 3.20. The van der Waals surface area contributed by atoms with Crippen LogP contribution in [-0.4, -0.2) is 33.6 Å². The maximum Gasteiger partial charge on any atom is 0.314 e. The third-order valence-electron chi connectivity index (χ3n) is 6.29. The highest BCUT2D eigenvalue weighted by atomic mass is 35.5. The lowest BCUT2D eigenvalue weighted by molar-refractivity contribution is 0.175. The summed E-state index contributed by atoms with van der Waals surface area (Å²) in [5.74, 6) is 0.593. The zero-order valence-corrected chi connectivity index (χ0v) is 19.7. The lowest BCUT2D eigenvalue weighted by atomic mass is 9.94. The van der Waals surface area contributed by atoms with Crippen molar-refractivity contribution >= 4 is 46.0 Å². The standard InChI is InChI=1S/C23H26Cl2FN5O2/c1-13(19-16(24)2-3-17(26)20(19)25)33-21-15-7-11-30(18(15)12-29-22(21)27)8-4-14-5-9-31(10-6-14)23(28)32/h2-3,7,11-14H,4-6,8-10H2,1H3,(H2,27,29)(H2,28,32). The summed E-state index contributed by atoms with van der Waals surface area (Å²) in [5, 5.41) is 1.04. The van der Waals surface area contributed by atoms with Crippen LogP contribution in [0.2, 0.25) is 10.0 Å². The second kappa shape index (κ2) is 9.65. The molecular formula is C23H26Cl2FN5O2. The molecule has 176 valence electrons. The molecule has 4 rings (SSSR count). The first kappa shape index (κ1) is 23.4. The van der Waals surface area contributed by atoms with E-state index in [-0.39, 0.29) is 16.9 Å². The molecule has 0 saturated carbocycles. The van der Waals surface area contributed by atoms with Gasteiger partial charge in [-0.1, -0.05) is 23.2 Å². The molecule has 3 aromatic rings. The number of likely N-dealkylation sites (tertiary alicyclic amines) is 1. The number of aromatic nitrogens is 2. The van der Waals surface area contributed by atoms with E-state index in [1.807, 2.05) is 12.3 Å². The number of halogens is 3. The van der Waals surface area contributed by atoms with Crippen LogP contribution < -0.4 is 16.2 Å². The van der Waals surface area contributed by atoms with Gasteiger partial charge in [-0.3, -0.25) is 0 Å². The van der Waals surface area contributed by atoms with Gasteiger partial charge in [-0.15, -0.1) is 0 Å². The Hall–Kier alpha value is -2.71. The molecule has 1 aliphatic heterocycles. The Balaban J connectivity index is 1.51. The van der Waals surface area contributed by atoms with E-state index < -0.39 is 11.9 Å². The molecule has 33 heavy (non-hydrogen) atoms. The van der Waals surface area contributed by atoms with Crippen molar-refractivity contribution in [1.82, 2.24) is 14.5 Å². The number of primary amides is 1. The quantitative estimate of drug-likeness (QED) is 0.449. The minimum Gasteiger partial charge on any atom is -0.481 e. The van der Waals surface area contributed by atoms with E-state index in [0.717, 1.165) is 36.7 Å². The molecule has 3 heterocycles. The van der Waals surface area contributed by atoms with Gasteiger partial charge < -0.3 is 25.7 Å². The number of hydrogen-bond acceptors (Lipinski definition) is 4. The van der Waals surface area contributed by atoms with E-state index >= 15 is 0 Å². The molecule has 0 bridgehead atoms. The first-order chi connectivity index (χ1) is 15.8. The zero-order chi connectivity index (χ0) is 23.7. The summed E-state index contributed by atoms with van der Waals surface area (Å²) in [6.45, 7) is 3.93. The van der Waals surface area contributed by atoms with Crippen LogP contribution in [0.5, 0.6) is 5.75 Å². The molecule has 2 aromatic heterocycles. The molecule has 10 heteroatoms. The number of aryl methyl sites for hydroxylation is 1. The second-order valence-electron chi connectivity index (χ2n) is 8.35. The number of nitrogens with two attached hydrogens (primary N) is 2. The van der Waals surface area contributed by atoms with Crippen molar-refractivity contribution in [3.63, 3.8) is 0 Å². The van der Waals surface area contributed by atoms with Crippen molar-refractivity contribution in [2.24, 2.45) is 11.7 Å². The zero-order valence-electron chi connectivity index (χ0n) is 18.2. The fraction of sp³-hybridized carbons (Fsp3) is 0.391. The summed E-state index contributed by atoms with van der Waals surface area (Å²) in [7, 11) is 0. The number of carbonyl (C=O) groups is 1. The van der Waals surface area contributed by atoms with Crippen molar-refractivity contribution in [3.05, 3.63) is 52.0 Å². The van der Waals surface area contributed by atoms with Crippen LogP contribution in [0.15, 0.2) is 30.6 Å². The first-order valence-corrected chi connectivity index (χ1v) is 11.6. The lowest BCUT2D eigenvalue weighted by Crippen LogP contribution is -2.41. The maximum absolute atomic E-state index is 14.0. The van der Waals surface area contributed by atoms with Crippen molar-refractivity contribution in [2.75, 3.05) is 18.8 Å². The molecule has 4 N–H and O–H groups in total. The van der Waals surface area contributed by atoms with Gasteiger partial charge in [0.05, 0.1) is 16.7 Å². The van der Waals surface area contributed by atoms with Gasteiger partial charge in [-0.25, -0.2) is 14.2 Å². The van der Waals surface area contributed by atoms with Gasteiger partial charge in [-0.05, 0) is 50.3 Å². The smallest absolute Gasteiger partial charge is 0.314 e. The van der Waals surface area contributed by atoms with E-state index in [9.17, 15) is 9.18 Å². The van der Waals surface area contributed by atoms with Crippen LogP contribution in [0.3, 0.4) is 0 Å².